The van der Waals surface area contributed by atoms with E-state index >= 15 is 0 Å². The van der Waals surface area contributed by atoms with Gasteiger partial charge in [-0.3, -0.25) is 9.36 Å². The SMILES string of the molecule is CCOc1ccc(NC(=O)c2cn(-c3ncccc3-c3nc(C)no3)cn2)cc1. The van der Waals surface area contributed by atoms with E-state index in [0.717, 1.165) is 5.75 Å². The molecule has 0 spiro atoms. The van der Waals surface area contributed by atoms with Crippen molar-refractivity contribution in [1.82, 2.24) is 24.7 Å². The van der Waals surface area contributed by atoms with Crippen molar-refractivity contribution in [3.05, 3.63) is 66.6 Å². The summed E-state index contributed by atoms with van der Waals surface area (Å²) in [6, 6.07) is 10.7. The average molecular weight is 390 g/mol. The number of hydrogen-bond acceptors (Lipinski definition) is 7. The number of aryl methyl sites for hydroxylation is 1. The van der Waals surface area contributed by atoms with E-state index in [4.69, 9.17) is 9.26 Å². The van der Waals surface area contributed by atoms with Crippen LogP contribution in [0.15, 0.2) is 59.6 Å². The van der Waals surface area contributed by atoms with Crippen LogP contribution >= 0.6 is 0 Å². The third-order valence-corrected chi connectivity index (χ3v) is 4.03. The molecule has 9 nitrogen and oxygen atoms in total. The molecule has 1 aromatic carbocycles. The van der Waals surface area contributed by atoms with Gasteiger partial charge in [0.15, 0.2) is 11.6 Å². The minimum Gasteiger partial charge on any atom is -0.494 e. The first-order chi connectivity index (χ1) is 14.1. The Morgan fingerprint density at radius 3 is 2.76 bits per heavy atom. The molecule has 29 heavy (non-hydrogen) atoms. The minimum absolute atomic E-state index is 0.247. The zero-order valence-electron chi connectivity index (χ0n) is 15.9. The van der Waals surface area contributed by atoms with Crippen molar-refractivity contribution in [3.63, 3.8) is 0 Å². The molecule has 0 atom stereocenters. The van der Waals surface area contributed by atoms with E-state index in [1.54, 1.807) is 54.2 Å². The van der Waals surface area contributed by atoms with E-state index in [9.17, 15) is 4.79 Å². The predicted molar refractivity (Wildman–Crippen MR) is 105 cm³/mol. The normalized spacial score (nSPS) is 10.7. The molecule has 0 radical (unpaired) electrons. The van der Waals surface area contributed by atoms with Crippen LogP contribution in [0.5, 0.6) is 5.75 Å². The smallest absolute Gasteiger partial charge is 0.275 e. The average Bonchev–Trinajstić information content (AvgIpc) is 3.39. The molecular weight excluding hydrogens is 372 g/mol. The Morgan fingerprint density at radius 2 is 2.03 bits per heavy atom. The number of pyridine rings is 1. The molecule has 0 aliphatic rings. The van der Waals surface area contributed by atoms with E-state index in [-0.39, 0.29) is 11.6 Å². The summed E-state index contributed by atoms with van der Waals surface area (Å²) in [5.74, 6) is 1.81. The maximum atomic E-state index is 12.5. The Labute approximate surface area is 166 Å². The standard InChI is InChI=1S/C20H18N6O3/c1-3-28-15-8-6-14(7-9-15)24-19(27)17-11-26(12-22-17)18-16(5-4-10-21-18)20-23-13(2)25-29-20/h4-12H,3H2,1-2H3,(H,24,27). The number of carbonyl (C=O) groups excluding carboxylic acids is 1. The van der Waals surface area contributed by atoms with Crippen LogP contribution in [0.4, 0.5) is 5.69 Å². The summed E-state index contributed by atoms with van der Waals surface area (Å²) in [6.07, 6.45) is 4.75. The van der Waals surface area contributed by atoms with E-state index < -0.39 is 0 Å². The lowest BCUT2D eigenvalue weighted by Gasteiger charge is -2.06. The molecule has 0 saturated carbocycles. The summed E-state index contributed by atoms with van der Waals surface area (Å²) in [7, 11) is 0. The molecule has 3 aromatic heterocycles. The molecule has 1 N–H and O–H groups in total. The van der Waals surface area contributed by atoms with Crippen LogP contribution in [0.2, 0.25) is 0 Å². The first-order valence-corrected chi connectivity index (χ1v) is 8.98. The fourth-order valence-electron chi connectivity index (χ4n) is 2.73. The van der Waals surface area contributed by atoms with E-state index in [2.05, 4.69) is 25.4 Å². The number of hydrogen-bond donors (Lipinski definition) is 1. The van der Waals surface area contributed by atoms with Crippen molar-refractivity contribution in [1.29, 1.82) is 0 Å². The van der Waals surface area contributed by atoms with Crippen molar-refractivity contribution in [2.45, 2.75) is 13.8 Å². The van der Waals surface area contributed by atoms with E-state index in [1.165, 1.54) is 6.33 Å². The summed E-state index contributed by atoms with van der Waals surface area (Å²) in [5, 5.41) is 6.62. The Morgan fingerprint density at radius 1 is 1.21 bits per heavy atom. The molecular formula is C20H18N6O3. The van der Waals surface area contributed by atoms with Gasteiger partial charge < -0.3 is 14.6 Å². The summed E-state index contributed by atoms with van der Waals surface area (Å²) < 4.78 is 12.3. The second-order valence-corrected chi connectivity index (χ2v) is 6.10. The number of nitrogens with one attached hydrogen (secondary N) is 1. The van der Waals surface area contributed by atoms with Crippen molar-refractivity contribution >= 4 is 11.6 Å². The minimum atomic E-state index is -0.334. The lowest BCUT2D eigenvalue weighted by atomic mass is 10.2. The molecule has 4 aromatic rings. The topological polar surface area (TPSA) is 108 Å². The van der Waals surface area contributed by atoms with Crippen LogP contribution in [0, 0.1) is 6.92 Å². The Bertz CT molecular complexity index is 1130. The Kier molecular flexibility index (Phi) is 5.02. The van der Waals surface area contributed by atoms with Gasteiger partial charge >= 0.3 is 0 Å². The second kappa shape index (κ2) is 7.93. The number of rotatable bonds is 6. The van der Waals surface area contributed by atoms with Gasteiger partial charge in [0.1, 0.15) is 17.8 Å². The molecule has 0 fully saturated rings. The van der Waals surface area contributed by atoms with Crippen LogP contribution in [-0.4, -0.2) is 37.2 Å². The lowest BCUT2D eigenvalue weighted by Crippen LogP contribution is -2.12. The van der Waals surface area contributed by atoms with Crippen LogP contribution < -0.4 is 10.1 Å². The molecule has 3 heterocycles. The lowest BCUT2D eigenvalue weighted by molar-refractivity contribution is 0.102. The molecule has 0 saturated heterocycles. The van der Waals surface area contributed by atoms with Gasteiger partial charge in [-0.25, -0.2) is 9.97 Å². The van der Waals surface area contributed by atoms with Crippen molar-refractivity contribution in [2.75, 3.05) is 11.9 Å². The van der Waals surface area contributed by atoms with Crippen LogP contribution in [0.1, 0.15) is 23.2 Å². The number of amides is 1. The highest BCUT2D eigenvalue weighted by Gasteiger charge is 2.16. The molecule has 1 amide bonds. The Balaban J connectivity index is 1.55. The van der Waals surface area contributed by atoms with Crippen molar-refractivity contribution in [2.24, 2.45) is 0 Å². The Hall–Kier alpha value is -4.01. The third kappa shape index (κ3) is 3.98. The zero-order valence-corrected chi connectivity index (χ0v) is 15.9. The number of carbonyl (C=O) groups is 1. The third-order valence-electron chi connectivity index (χ3n) is 4.03. The van der Waals surface area contributed by atoms with Gasteiger partial charge in [-0.2, -0.15) is 4.98 Å². The van der Waals surface area contributed by atoms with Gasteiger partial charge in [0.05, 0.1) is 12.2 Å². The summed E-state index contributed by atoms with van der Waals surface area (Å²) >= 11 is 0. The van der Waals surface area contributed by atoms with Crippen LogP contribution in [0.25, 0.3) is 17.3 Å². The van der Waals surface area contributed by atoms with Crippen LogP contribution in [-0.2, 0) is 0 Å². The largest absolute Gasteiger partial charge is 0.494 e. The molecule has 0 aliphatic carbocycles. The maximum absolute atomic E-state index is 12.5. The summed E-state index contributed by atoms with van der Waals surface area (Å²) in [4.78, 5) is 25.4. The molecule has 4 rings (SSSR count). The number of ether oxygens (including phenoxy) is 1. The zero-order chi connectivity index (χ0) is 20.2. The van der Waals surface area contributed by atoms with Crippen LogP contribution in [0.3, 0.4) is 0 Å². The summed E-state index contributed by atoms with van der Waals surface area (Å²) in [5.41, 5.74) is 1.54. The fraction of sp³-hybridized carbons (Fsp3) is 0.150. The van der Waals surface area contributed by atoms with Gasteiger partial charge in [0.2, 0.25) is 0 Å². The highest BCUT2D eigenvalue weighted by molar-refractivity contribution is 6.02. The number of nitrogens with zero attached hydrogens (tertiary/aromatic N) is 5. The quantitative estimate of drug-likeness (QED) is 0.538. The van der Waals surface area contributed by atoms with E-state index in [1.807, 2.05) is 13.0 Å². The second-order valence-electron chi connectivity index (χ2n) is 6.10. The first kappa shape index (κ1) is 18.4. The first-order valence-electron chi connectivity index (χ1n) is 8.98. The predicted octanol–water partition coefficient (Wildman–Crippen LogP) is 3.28. The molecule has 0 bridgehead atoms. The monoisotopic (exact) mass is 390 g/mol. The van der Waals surface area contributed by atoms with Crippen molar-refractivity contribution in [3.8, 4) is 23.0 Å². The molecule has 9 heteroatoms. The van der Waals surface area contributed by atoms with Gasteiger partial charge in [0.25, 0.3) is 11.8 Å². The van der Waals surface area contributed by atoms with Gasteiger partial charge in [-0.05, 0) is 50.2 Å². The molecule has 0 unspecified atom stereocenters. The van der Waals surface area contributed by atoms with Gasteiger partial charge in [-0.1, -0.05) is 5.16 Å². The number of anilines is 1. The maximum Gasteiger partial charge on any atom is 0.275 e. The number of imidazole rings is 1. The summed E-state index contributed by atoms with van der Waals surface area (Å²) in [6.45, 7) is 4.24. The number of aromatic nitrogens is 5. The fourth-order valence-corrected chi connectivity index (χ4v) is 2.73. The van der Waals surface area contributed by atoms with Crippen molar-refractivity contribution < 1.29 is 14.1 Å². The molecule has 146 valence electrons. The highest BCUT2D eigenvalue weighted by atomic mass is 16.5. The highest BCUT2D eigenvalue weighted by Crippen LogP contribution is 2.23. The van der Waals surface area contributed by atoms with E-state index in [0.29, 0.717) is 35.4 Å². The van der Waals surface area contributed by atoms with Gasteiger partial charge in [0, 0.05) is 18.1 Å². The molecule has 0 aliphatic heterocycles. The number of benzene rings is 1. The van der Waals surface area contributed by atoms with Gasteiger partial charge in [-0.15, -0.1) is 0 Å².